The van der Waals surface area contributed by atoms with Crippen molar-refractivity contribution in [3.05, 3.63) is 0 Å². The Morgan fingerprint density at radius 1 is 1.55 bits per heavy atom. The van der Waals surface area contributed by atoms with Crippen molar-refractivity contribution in [1.29, 1.82) is 0 Å². The Morgan fingerprint density at radius 3 is 3.00 bits per heavy atom. The molecule has 0 aromatic rings. The topological polar surface area (TPSA) is 36.4 Å². The number of nitrogens with one attached hydrogen (secondary N) is 2. The minimum atomic E-state index is 0.361. The first kappa shape index (κ1) is 7.55. The molecule has 2 rings (SSSR count). The first-order valence-corrected chi connectivity index (χ1v) is 4.96. The van der Waals surface area contributed by atoms with Crippen LogP contribution in [0.3, 0.4) is 0 Å². The third-order valence-corrected chi connectivity index (χ3v) is 2.64. The fourth-order valence-electron chi connectivity index (χ4n) is 1.56. The molecule has 1 saturated heterocycles. The lowest BCUT2D eigenvalue weighted by atomic mass is 10.2. The van der Waals surface area contributed by atoms with Gasteiger partial charge in [-0.3, -0.25) is 4.99 Å². The number of hydrogen-bond acceptors (Lipinski definition) is 3. The van der Waals surface area contributed by atoms with E-state index in [4.69, 9.17) is 0 Å². The molecule has 2 N–H and O–H groups in total. The smallest absolute Gasteiger partial charge is 0.115 e. The van der Waals surface area contributed by atoms with Crippen molar-refractivity contribution in [2.75, 3.05) is 13.1 Å². The van der Waals surface area contributed by atoms with E-state index in [0.717, 1.165) is 18.9 Å². The van der Waals surface area contributed by atoms with Crippen LogP contribution in [0.1, 0.15) is 12.8 Å². The van der Waals surface area contributed by atoms with E-state index in [9.17, 15) is 0 Å². The van der Waals surface area contributed by atoms with Gasteiger partial charge in [-0.1, -0.05) is 15.9 Å². The van der Waals surface area contributed by atoms with Crippen molar-refractivity contribution in [2.24, 2.45) is 4.99 Å². The molecule has 2 heterocycles. The molecule has 0 aromatic heterocycles. The molecule has 2 atom stereocenters. The van der Waals surface area contributed by atoms with E-state index >= 15 is 0 Å². The van der Waals surface area contributed by atoms with Gasteiger partial charge in [0.05, 0.1) is 12.6 Å². The van der Waals surface area contributed by atoms with Gasteiger partial charge in [-0.2, -0.15) is 0 Å². The van der Waals surface area contributed by atoms with Crippen LogP contribution in [0.2, 0.25) is 0 Å². The van der Waals surface area contributed by atoms with Gasteiger partial charge >= 0.3 is 0 Å². The maximum Gasteiger partial charge on any atom is 0.115 e. The highest BCUT2D eigenvalue weighted by Crippen LogP contribution is 2.11. The van der Waals surface area contributed by atoms with Crippen LogP contribution >= 0.6 is 15.9 Å². The summed E-state index contributed by atoms with van der Waals surface area (Å²) in [6.07, 6.45) is 2.50. The number of aliphatic imine (C=N–C) groups is 1. The molecule has 0 bridgehead atoms. The van der Waals surface area contributed by atoms with Gasteiger partial charge in [-0.15, -0.1) is 0 Å². The van der Waals surface area contributed by atoms with Crippen molar-refractivity contribution in [3.63, 3.8) is 0 Å². The summed E-state index contributed by atoms with van der Waals surface area (Å²) in [6.45, 7) is 2.01. The summed E-state index contributed by atoms with van der Waals surface area (Å²) in [6, 6.07) is 0.498. The van der Waals surface area contributed by atoms with Gasteiger partial charge in [-0.25, -0.2) is 0 Å². The predicted octanol–water partition coefficient (Wildman–Crippen LogP) is 0.461. The molecule has 2 aliphatic rings. The maximum absolute atomic E-state index is 4.39. The number of alkyl halides is 1. The van der Waals surface area contributed by atoms with Gasteiger partial charge < -0.3 is 10.6 Å². The third-order valence-electron chi connectivity index (χ3n) is 2.12. The zero-order chi connectivity index (χ0) is 7.68. The standard InChI is InChI=1S/C7H12BrN3/c8-6-4-10-7(11-6)5-2-1-3-9-5/h5-6,9H,1-4H2,(H,10,11)/t5-,6?/m0/s1. The minimum absolute atomic E-state index is 0.361. The fourth-order valence-corrected chi connectivity index (χ4v) is 1.94. The van der Waals surface area contributed by atoms with E-state index < -0.39 is 0 Å². The van der Waals surface area contributed by atoms with Crippen molar-refractivity contribution in [1.82, 2.24) is 10.6 Å². The summed E-state index contributed by atoms with van der Waals surface area (Å²) in [5, 5.41) is 6.70. The molecule has 2 aliphatic heterocycles. The Kier molecular flexibility index (Phi) is 2.13. The van der Waals surface area contributed by atoms with Crippen LogP contribution in [-0.4, -0.2) is 29.9 Å². The van der Waals surface area contributed by atoms with Crippen LogP contribution < -0.4 is 10.6 Å². The van der Waals surface area contributed by atoms with Gasteiger partial charge in [0.1, 0.15) is 10.8 Å². The van der Waals surface area contributed by atoms with Gasteiger partial charge in [-0.05, 0) is 19.4 Å². The van der Waals surface area contributed by atoms with E-state index in [2.05, 4.69) is 31.6 Å². The van der Waals surface area contributed by atoms with E-state index in [-0.39, 0.29) is 0 Å². The molecule has 0 spiro atoms. The molecular formula is C7H12BrN3. The highest BCUT2D eigenvalue weighted by atomic mass is 79.9. The number of hydrogen-bond donors (Lipinski definition) is 2. The zero-order valence-corrected chi connectivity index (χ0v) is 7.89. The van der Waals surface area contributed by atoms with Crippen LogP contribution in [0, 0.1) is 0 Å². The van der Waals surface area contributed by atoms with Gasteiger partial charge in [0, 0.05) is 0 Å². The van der Waals surface area contributed by atoms with E-state index in [1.54, 1.807) is 0 Å². The fraction of sp³-hybridized carbons (Fsp3) is 0.857. The molecular weight excluding hydrogens is 206 g/mol. The monoisotopic (exact) mass is 217 g/mol. The molecule has 0 aliphatic carbocycles. The van der Waals surface area contributed by atoms with Gasteiger partial charge in [0.2, 0.25) is 0 Å². The lowest BCUT2D eigenvalue weighted by molar-refractivity contribution is 0.739. The highest BCUT2D eigenvalue weighted by Gasteiger charge is 2.24. The molecule has 1 unspecified atom stereocenters. The molecule has 62 valence electrons. The summed E-state index contributed by atoms with van der Waals surface area (Å²) in [7, 11) is 0. The maximum atomic E-state index is 4.39. The van der Waals surface area contributed by atoms with Crippen molar-refractivity contribution >= 4 is 21.8 Å². The van der Waals surface area contributed by atoms with Crippen LogP contribution in [0.5, 0.6) is 0 Å². The summed E-state index contributed by atoms with van der Waals surface area (Å²) in [5.74, 6) is 1.14. The quantitative estimate of drug-likeness (QED) is 0.495. The number of rotatable bonds is 1. The third kappa shape index (κ3) is 1.56. The molecule has 1 fully saturated rings. The summed E-state index contributed by atoms with van der Waals surface area (Å²) in [5.41, 5.74) is 0. The SMILES string of the molecule is BrC1CN=C([C@@H]2CCCN2)N1. The Balaban J connectivity index is 1.94. The number of halogens is 1. The first-order chi connectivity index (χ1) is 5.36. The van der Waals surface area contributed by atoms with E-state index in [1.807, 2.05) is 0 Å². The van der Waals surface area contributed by atoms with E-state index in [1.165, 1.54) is 12.8 Å². The number of nitrogens with zero attached hydrogens (tertiary/aromatic N) is 1. The summed E-state index contributed by atoms with van der Waals surface area (Å²) >= 11 is 3.47. The zero-order valence-electron chi connectivity index (χ0n) is 6.31. The largest absolute Gasteiger partial charge is 0.358 e. The van der Waals surface area contributed by atoms with Crippen molar-refractivity contribution in [3.8, 4) is 0 Å². The lowest BCUT2D eigenvalue weighted by Gasteiger charge is -2.11. The van der Waals surface area contributed by atoms with Crippen LogP contribution in [0.4, 0.5) is 0 Å². The second-order valence-electron chi connectivity index (χ2n) is 2.99. The van der Waals surface area contributed by atoms with E-state index in [0.29, 0.717) is 11.0 Å². The summed E-state index contributed by atoms with van der Waals surface area (Å²) in [4.78, 5) is 4.76. The van der Waals surface area contributed by atoms with Crippen LogP contribution in [0.25, 0.3) is 0 Å². The second-order valence-corrected chi connectivity index (χ2v) is 4.09. The molecule has 0 radical (unpaired) electrons. The predicted molar refractivity (Wildman–Crippen MR) is 49.2 cm³/mol. The molecule has 4 heteroatoms. The molecule has 0 aromatic carbocycles. The average Bonchev–Trinajstić information content (AvgIpc) is 2.55. The summed E-state index contributed by atoms with van der Waals surface area (Å²) < 4.78 is 0. The Labute approximate surface area is 74.8 Å². The lowest BCUT2D eigenvalue weighted by Crippen LogP contribution is -2.39. The Morgan fingerprint density at radius 2 is 2.45 bits per heavy atom. The number of amidine groups is 1. The molecule has 0 amide bonds. The Bertz CT molecular complexity index is 175. The van der Waals surface area contributed by atoms with Gasteiger partial charge in [0.25, 0.3) is 0 Å². The van der Waals surface area contributed by atoms with Gasteiger partial charge in [0.15, 0.2) is 0 Å². The molecule has 3 nitrogen and oxygen atoms in total. The first-order valence-electron chi connectivity index (χ1n) is 4.04. The highest BCUT2D eigenvalue weighted by molar-refractivity contribution is 9.09. The minimum Gasteiger partial charge on any atom is -0.358 e. The normalized spacial score (nSPS) is 37.0. The molecule has 0 saturated carbocycles. The van der Waals surface area contributed by atoms with Crippen LogP contribution in [-0.2, 0) is 0 Å². The van der Waals surface area contributed by atoms with Crippen molar-refractivity contribution < 1.29 is 0 Å². The Hall–Kier alpha value is -0.0900. The second kappa shape index (κ2) is 3.11. The van der Waals surface area contributed by atoms with Crippen molar-refractivity contribution in [2.45, 2.75) is 23.8 Å². The van der Waals surface area contributed by atoms with Crippen LogP contribution in [0.15, 0.2) is 4.99 Å². The average molecular weight is 218 g/mol. The molecule has 11 heavy (non-hydrogen) atoms.